The van der Waals surface area contributed by atoms with Crippen LogP contribution in [0, 0.1) is 17.7 Å². The van der Waals surface area contributed by atoms with Gasteiger partial charge in [0.15, 0.2) is 0 Å². The molecule has 0 unspecified atom stereocenters. The summed E-state index contributed by atoms with van der Waals surface area (Å²) in [5.41, 5.74) is 1.50. The lowest BCUT2D eigenvalue weighted by Crippen LogP contribution is -1.96. The Labute approximate surface area is 116 Å². The SMILES string of the molecule is Fc1cccc(COc2cncc(C#CCCl)c2)c1. The Balaban J connectivity index is 2.03. The number of hydrogen-bond donors (Lipinski definition) is 0. The van der Waals surface area contributed by atoms with E-state index in [1.165, 1.54) is 12.1 Å². The van der Waals surface area contributed by atoms with Crippen LogP contribution in [-0.2, 0) is 6.61 Å². The Morgan fingerprint density at radius 1 is 1.26 bits per heavy atom. The van der Waals surface area contributed by atoms with E-state index in [0.717, 1.165) is 11.1 Å². The molecule has 2 nitrogen and oxygen atoms in total. The lowest BCUT2D eigenvalue weighted by atomic mass is 10.2. The van der Waals surface area contributed by atoms with Crippen LogP contribution in [0.3, 0.4) is 0 Å². The van der Waals surface area contributed by atoms with Gasteiger partial charge in [0.25, 0.3) is 0 Å². The van der Waals surface area contributed by atoms with Gasteiger partial charge in [-0.05, 0) is 23.8 Å². The monoisotopic (exact) mass is 275 g/mol. The third-order valence-electron chi connectivity index (χ3n) is 2.31. The molecule has 1 aromatic carbocycles. The van der Waals surface area contributed by atoms with Crippen molar-refractivity contribution in [1.82, 2.24) is 4.98 Å². The summed E-state index contributed by atoms with van der Waals surface area (Å²) in [6.45, 7) is 0.284. The highest BCUT2D eigenvalue weighted by molar-refractivity contribution is 6.19. The molecule has 2 rings (SSSR count). The summed E-state index contributed by atoms with van der Waals surface area (Å²) in [6.07, 6.45) is 3.22. The van der Waals surface area contributed by atoms with E-state index in [2.05, 4.69) is 16.8 Å². The van der Waals surface area contributed by atoms with Crippen LogP contribution in [0.4, 0.5) is 4.39 Å². The normalized spacial score (nSPS) is 9.58. The minimum Gasteiger partial charge on any atom is -0.487 e. The van der Waals surface area contributed by atoms with Gasteiger partial charge in [0.05, 0.1) is 12.1 Å². The second-order valence-electron chi connectivity index (χ2n) is 3.76. The van der Waals surface area contributed by atoms with E-state index >= 15 is 0 Å². The van der Waals surface area contributed by atoms with Gasteiger partial charge in [-0.1, -0.05) is 24.0 Å². The minimum absolute atomic E-state index is 0.272. The fraction of sp³-hybridized carbons (Fsp3) is 0.133. The molecule has 4 heteroatoms. The lowest BCUT2D eigenvalue weighted by Gasteiger charge is -2.06. The first-order valence-corrected chi connectivity index (χ1v) is 6.18. The average molecular weight is 276 g/mol. The third kappa shape index (κ3) is 4.27. The number of hydrogen-bond acceptors (Lipinski definition) is 2. The van der Waals surface area contributed by atoms with Gasteiger partial charge in [0.1, 0.15) is 18.2 Å². The van der Waals surface area contributed by atoms with E-state index in [4.69, 9.17) is 16.3 Å². The second kappa shape index (κ2) is 6.77. The van der Waals surface area contributed by atoms with Gasteiger partial charge in [0.2, 0.25) is 0 Å². The fourth-order valence-corrected chi connectivity index (χ4v) is 1.56. The number of alkyl halides is 1. The first kappa shape index (κ1) is 13.4. The molecule has 96 valence electrons. The topological polar surface area (TPSA) is 22.1 Å². The standard InChI is InChI=1S/C15H11ClFNO/c16-6-2-4-12-8-15(10-18-9-12)19-11-13-3-1-5-14(17)7-13/h1,3,5,7-10H,6,11H2. The Morgan fingerprint density at radius 3 is 2.95 bits per heavy atom. The molecule has 19 heavy (non-hydrogen) atoms. The van der Waals surface area contributed by atoms with Crippen molar-refractivity contribution in [3.05, 3.63) is 59.7 Å². The molecule has 0 aliphatic heterocycles. The summed E-state index contributed by atoms with van der Waals surface area (Å²) in [6, 6.07) is 8.05. The highest BCUT2D eigenvalue weighted by Gasteiger charge is 1.99. The zero-order chi connectivity index (χ0) is 13.5. The first-order chi connectivity index (χ1) is 9.28. The highest BCUT2D eigenvalue weighted by atomic mass is 35.5. The summed E-state index contributed by atoms with van der Waals surface area (Å²) in [5.74, 6) is 6.18. The number of aromatic nitrogens is 1. The van der Waals surface area contributed by atoms with Crippen LogP contribution in [0.1, 0.15) is 11.1 Å². The zero-order valence-corrected chi connectivity index (χ0v) is 10.8. The van der Waals surface area contributed by atoms with Crippen molar-refractivity contribution in [3.8, 4) is 17.6 Å². The maximum absolute atomic E-state index is 13.0. The van der Waals surface area contributed by atoms with Crippen molar-refractivity contribution in [3.63, 3.8) is 0 Å². The Kier molecular flexibility index (Phi) is 4.77. The maximum Gasteiger partial charge on any atom is 0.139 e. The molecule has 0 bridgehead atoms. The number of halogens is 2. The quantitative estimate of drug-likeness (QED) is 0.633. The molecular formula is C15H11ClFNO. The first-order valence-electron chi connectivity index (χ1n) is 5.65. The number of ether oxygens (including phenoxy) is 1. The molecule has 0 amide bonds. The summed E-state index contributed by atoms with van der Waals surface area (Å²) in [5, 5.41) is 0. The van der Waals surface area contributed by atoms with Gasteiger partial charge < -0.3 is 4.74 Å². The van der Waals surface area contributed by atoms with E-state index < -0.39 is 0 Å². The second-order valence-corrected chi connectivity index (χ2v) is 4.03. The van der Waals surface area contributed by atoms with E-state index in [1.807, 2.05) is 0 Å². The molecule has 1 aromatic heterocycles. The molecule has 1 heterocycles. The van der Waals surface area contributed by atoms with E-state index in [9.17, 15) is 4.39 Å². The predicted octanol–water partition coefficient (Wildman–Crippen LogP) is 3.39. The number of rotatable bonds is 3. The third-order valence-corrected chi connectivity index (χ3v) is 2.44. The van der Waals surface area contributed by atoms with Crippen LogP contribution in [0.15, 0.2) is 42.7 Å². The molecule has 0 aliphatic rings. The minimum atomic E-state index is -0.277. The van der Waals surface area contributed by atoms with Gasteiger partial charge in [-0.25, -0.2) is 4.39 Å². The fourth-order valence-electron chi connectivity index (χ4n) is 1.50. The summed E-state index contributed by atoms with van der Waals surface area (Å²) in [4.78, 5) is 4.02. The molecule has 0 atom stereocenters. The molecule has 0 saturated carbocycles. The lowest BCUT2D eigenvalue weighted by molar-refractivity contribution is 0.304. The Bertz CT molecular complexity index is 619. The van der Waals surface area contributed by atoms with Gasteiger partial charge in [-0.15, -0.1) is 11.6 Å². The Morgan fingerprint density at radius 2 is 2.16 bits per heavy atom. The molecule has 0 fully saturated rings. The molecule has 0 radical (unpaired) electrons. The van der Waals surface area contributed by atoms with Gasteiger partial charge >= 0.3 is 0 Å². The van der Waals surface area contributed by atoms with Crippen LogP contribution >= 0.6 is 11.6 Å². The van der Waals surface area contributed by atoms with E-state index in [0.29, 0.717) is 5.75 Å². The number of pyridine rings is 1. The van der Waals surface area contributed by atoms with Crippen molar-refractivity contribution < 1.29 is 9.13 Å². The number of nitrogens with zero attached hydrogens (tertiary/aromatic N) is 1. The Hall–Kier alpha value is -2.05. The predicted molar refractivity (Wildman–Crippen MR) is 72.6 cm³/mol. The zero-order valence-electron chi connectivity index (χ0n) is 10.1. The van der Waals surface area contributed by atoms with Crippen LogP contribution in [0.5, 0.6) is 5.75 Å². The van der Waals surface area contributed by atoms with Gasteiger partial charge in [-0.2, -0.15) is 0 Å². The van der Waals surface area contributed by atoms with Crippen molar-refractivity contribution in [2.45, 2.75) is 6.61 Å². The van der Waals surface area contributed by atoms with Gasteiger partial charge in [-0.3, -0.25) is 4.98 Å². The smallest absolute Gasteiger partial charge is 0.139 e. The molecule has 0 spiro atoms. The molecule has 0 N–H and O–H groups in total. The molecular weight excluding hydrogens is 265 g/mol. The van der Waals surface area contributed by atoms with Crippen molar-refractivity contribution in [2.24, 2.45) is 0 Å². The van der Waals surface area contributed by atoms with Crippen LogP contribution in [-0.4, -0.2) is 10.9 Å². The average Bonchev–Trinajstić information content (AvgIpc) is 2.43. The largest absolute Gasteiger partial charge is 0.487 e. The highest BCUT2D eigenvalue weighted by Crippen LogP contribution is 2.13. The summed E-state index contributed by atoms with van der Waals surface area (Å²) >= 11 is 5.49. The van der Waals surface area contributed by atoms with Crippen LogP contribution in [0.2, 0.25) is 0 Å². The van der Waals surface area contributed by atoms with Crippen molar-refractivity contribution in [2.75, 3.05) is 5.88 Å². The maximum atomic E-state index is 13.0. The van der Waals surface area contributed by atoms with Crippen molar-refractivity contribution in [1.29, 1.82) is 0 Å². The van der Waals surface area contributed by atoms with E-state index in [-0.39, 0.29) is 18.3 Å². The van der Waals surface area contributed by atoms with E-state index in [1.54, 1.807) is 30.6 Å². The van der Waals surface area contributed by atoms with Crippen molar-refractivity contribution >= 4 is 11.6 Å². The number of benzene rings is 1. The van der Waals surface area contributed by atoms with Crippen LogP contribution < -0.4 is 4.74 Å². The van der Waals surface area contributed by atoms with Crippen LogP contribution in [0.25, 0.3) is 0 Å². The molecule has 0 aliphatic carbocycles. The summed E-state index contributed by atoms with van der Waals surface area (Å²) < 4.78 is 18.5. The summed E-state index contributed by atoms with van der Waals surface area (Å²) in [7, 11) is 0. The van der Waals surface area contributed by atoms with Gasteiger partial charge in [0, 0.05) is 11.8 Å². The molecule has 2 aromatic rings. The molecule has 0 saturated heterocycles.